The first-order valence-corrected chi connectivity index (χ1v) is 6.94. The van der Waals surface area contributed by atoms with Crippen LogP contribution >= 0.6 is 0 Å². The topological polar surface area (TPSA) is 39.1 Å². The van der Waals surface area contributed by atoms with Gasteiger partial charge in [0.25, 0.3) is 0 Å². The molecular weight excluding hydrogens is 226 g/mol. The molecule has 18 heavy (non-hydrogen) atoms. The van der Waals surface area contributed by atoms with Crippen molar-refractivity contribution in [1.29, 1.82) is 0 Å². The Morgan fingerprint density at radius 3 is 2.89 bits per heavy atom. The molecule has 2 rings (SSSR count). The maximum atomic E-state index is 5.68. The summed E-state index contributed by atoms with van der Waals surface area (Å²) < 4.78 is 7.70. The molecule has 0 spiro atoms. The Labute approximate surface area is 110 Å². The molecule has 4 heteroatoms. The highest BCUT2D eigenvalue weighted by Crippen LogP contribution is 2.24. The van der Waals surface area contributed by atoms with Gasteiger partial charge in [-0.25, -0.2) is 0 Å². The largest absolute Gasteiger partial charge is 0.378 e. The second-order valence-electron chi connectivity index (χ2n) is 5.34. The van der Waals surface area contributed by atoms with Crippen LogP contribution < -0.4 is 5.32 Å². The third-order valence-corrected chi connectivity index (χ3v) is 3.99. The van der Waals surface area contributed by atoms with E-state index in [1.165, 1.54) is 11.4 Å². The predicted molar refractivity (Wildman–Crippen MR) is 72.7 cm³/mol. The van der Waals surface area contributed by atoms with Crippen molar-refractivity contribution in [2.45, 2.75) is 45.3 Å². The first-order chi connectivity index (χ1) is 8.63. The predicted octanol–water partition coefficient (Wildman–Crippen LogP) is 1.54. The smallest absolute Gasteiger partial charge is 0.0624 e. The highest BCUT2D eigenvalue weighted by atomic mass is 16.5. The molecule has 1 aliphatic heterocycles. The van der Waals surface area contributed by atoms with Gasteiger partial charge in [0.2, 0.25) is 0 Å². The van der Waals surface area contributed by atoms with Crippen molar-refractivity contribution in [3.05, 3.63) is 17.5 Å². The van der Waals surface area contributed by atoms with Crippen LogP contribution in [0.4, 0.5) is 0 Å². The van der Waals surface area contributed by atoms with Crippen molar-refractivity contribution in [2.75, 3.05) is 13.7 Å². The van der Waals surface area contributed by atoms with Gasteiger partial charge in [0.1, 0.15) is 0 Å². The minimum Gasteiger partial charge on any atom is -0.378 e. The molecule has 102 valence electrons. The third kappa shape index (κ3) is 2.93. The van der Waals surface area contributed by atoms with Crippen molar-refractivity contribution >= 4 is 0 Å². The second-order valence-corrected chi connectivity index (χ2v) is 5.34. The summed E-state index contributed by atoms with van der Waals surface area (Å²) in [6, 6.07) is 2.71. The van der Waals surface area contributed by atoms with Crippen LogP contribution in [-0.2, 0) is 24.6 Å². The van der Waals surface area contributed by atoms with Gasteiger partial charge in [0.15, 0.2) is 0 Å². The Balaban J connectivity index is 2.03. The van der Waals surface area contributed by atoms with E-state index in [0.717, 1.165) is 25.9 Å². The zero-order valence-electron chi connectivity index (χ0n) is 11.9. The molecular formula is C14H25N3O. The lowest BCUT2D eigenvalue weighted by atomic mass is 9.93. The molecule has 1 N–H and O–H groups in total. The number of hydrogen-bond donors (Lipinski definition) is 1. The Bertz CT molecular complexity index is 388. The van der Waals surface area contributed by atoms with Crippen LogP contribution in [0.15, 0.2) is 6.07 Å². The summed E-state index contributed by atoms with van der Waals surface area (Å²) in [5, 5.41) is 7.96. The molecule has 2 heterocycles. The number of nitrogens with one attached hydrogen (secondary N) is 1. The zero-order chi connectivity index (χ0) is 13.1. The summed E-state index contributed by atoms with van der Waals surface area (Å²) in [4.78, 5) is 0. The molecule has 1 fully saturated rings. The molecule has 0 aromatic carbocycles. The molecule has 1 aliphatic rings. The molecule has 3 unspecified atom stereocenters. The molecule has 1 saturated heterocycles. The van der Waals surface area contributed by atoms with Gasteiger partial charge >= 0.3 is 0 Å². The summed E-state index contributed by atoms with van der Waals surface area (Å²) >= 11 is 0. The molecule has 0 radical (unpaired) electrons. The number of aromatic nitrogens is 2. The van der Waals surface area contributed by atoms with E-state index in [4.69, 9.17) is 4.74 Å². The van der Waals surface area contributed by atoms with E-state index >= 15 is 0 Å². The van der Waals surface area contributed by atoms with Crippen LogP contribution in [0.3, 0.4) is 0 Å². The second kappa shape index (κ2) is 5.85. The average Bonchev–Trinajstić information content (AvgIpc) is 2.93. The SMILES string of the molecule is CCc1cc(CC(NC)C2COC(C)C2)n(C)n1. The molecule has 0 amide bonds. The molecule has 3 atom stereocenters. The maximum absolute atomic E-state index is 5.68. The lowest BCUT2D eigenvalue weighted by Crippen LogP contribution is -2.36. The number of aryl methyl sites for hydroxylation is 2. The van der Waals surface area contributed by atoms with Crippen LogP contribution in [0.5, 0.6) is 0 Å². The van der Waals surface area contributed by atoms with Crippen molar-refractivity contribution in [1.82, 2.24) is 15.1 Å². The van der Waals surface area contributed by atoms with Crippen molar-refractivity contribution in [3.8, 4) is 0 Å². The summed E-state index contributed by atoms with van der Waals surface area (Å²) in [5.74, 6) is 0.616. The molecule has 4 nitrogen and oxygen atoms in total. The average molecular weight is 251 g/mol. The van der Waals surface area contributed by atoms with E-state index in [2.05, 4.69) is 30.3 Å². The Morgan fingerprint density at radius 2 is 2.39 bits per heavy atom. The standard InChI is InChI=1S/C14H25N3O/c1-5-12-7-13(17(4)16-12)8-14(15-3)11-6-10(2)18-9-11/h7,10-11,14-15H,5-6,8-9H2,1-4H3. The van der Waals surface area contributed by atoms with Crippen LogP contribution in [0, 0.1) is 5.92 Å². The lowest BCUT2D eigenvalue weighted by molar-refractivity contribution is 0.117. The number of hydrogen-bond acceptors (Lipinski definition) is 3. The van der Waals surface area contributed by atoms with Gasteiger partial charge < -0.3 is 10.1 Å². The fourth-order valence-corrected chi connectivity index (χ4v) is 2.80. The number of likely N-dealkylation sites (N-methyl/N-ethyl adjacent to an activating group) is 1. The fourth-order valence-electron chi connectivity index (χ4n) is 2.80. The molecule has 0 saturated carbocycles. The van der Waals surface area contributed by atoms with Crippen molar-refractivity contribution < 1.29 is 4.74 Å². The van der Waals surface area contributed by atoms with E-state index in [0.29, 0.717) is 18.1 Å². The summed E-state index contributed by atoms with van der Waals surface area (Å²) in [6.45, 7) is 5.19. The first-order valence-electron chi connectivity index (χ1n) is 6.94. The summed E-state index contributed by atoms with van der Waals surface area (Å²) in [7, 11) is 4.08. The number of rotatable bonds is 5. The monoisotopic (exact) mass is 251 g/mol. The van der Waals surface area contributed by atoms with Gasteiger partial charge in [-0.2, -0.15) is 5.10 Å². The van der Waals surface area contributed by atoms with Gasteiger partial charge in [-0.15, -0.1) is 0 Å². The van der Waals surface area contributed by atoms with Crippen molar-refractivity contribution in [3.63, 3.8) is 0 Å². The summed E-state index contributed by atoms with van der Waals surface area (Å²) in [5.41, 5.74) is 2.49. The zero-order valence-corrected chi connectivity index (χ0v) is 11.9. The Morgan fingerprint density at radius 1 is 1.61 bits per heavy atom. The van der Waals surface area contributed by atoms with Gasteiger partial charge in [0.05, 0.1) is 18.4 Å². The summed E-state index contributed by atoms with van der Waals surface area (Å²) in [6.07, 6.45) is 3.59. The lowest BCUT2D eigenvalue weighted by Gasteiger charge is -2.21. The first kappa shape index (κ1) is 13.6. The third-order valence-electron chi connectivity index (χ3n) is 3.99. The van der Waals surface area contributed by atoms with Crippen LogP contribution in [0.25, 0.3) is 0 Å². The van der Waals surface area contributed by atoms with Gasteiger partial charge in [0, 0.05) is 31.1 Å². The molecule has 0 aliphatic carbocycles. The highest BCUT2D eigenvalue weighted by Gasteiger charge is 2.29. The van der Waals surface area contributed by atoms with Crippen molar-refractivity contribution in [2.24, 2.45) is 13.0 Å². The molecule has 1 aromatic heterocycles. The maximum Gasteiger partial charge on any atom is 0.0624 e. The number of ether oxygens (including phenoxy) is 1. The van der Waals surface area contributed by atoms with E-state index < -0.39 is 0 Å². The minimum atomic E-state index is 0.406. The van der Waals surface area contributed by atoms with E-state index in [9.17, 15) is 0 Å². The van der Waals surface area contributed by atoms with E-state index in [1.54, 1.807) is 0 Å². The van der Waals surface area contributed by atoms with Gasteiger partial charge in [-0.1, -0.05) is 6.92 Å². The van der Waals surface area contributed by atoms with Crippen LogP contribution in [-0.4, -0.2) is 35.6 Å². The minimum absolute atomic E-state index is 0.406. The highest BCUT2D eigenvalue weighted by molar-refractivity contribution is 5.12. The van der Waals surface area contributed by atoms with Crippen LogP contribution in [0.2, 0.25) is 0 Å². The normalized spacial score (nSPS) is 25.6. The van der Waals surface area contributed by atoms with E-state index in [1.807, 2.05) is 18.8 Å². The quantitative estimate of drug-likeness (QED) is 0.863. The fraction of sp³-hybridized carbons (Fsp3) is 0.786. The Hall–Kier alpha value is -0.870. The Kier molecular flexibility index (Phi) is 4.40. The molecule has 1 aromatic rings. The van der Waals surface area contributed by atoms with Crippen LogP contribution in [0.1, 0.15) is 31.7 Å². The van der Waals surface area contributed by atoms with Gasteiger partial charge in [-0.05, 0) is 32.9 Å². The van der Waals surface area contributed by atoms with E-state index in [-0.39, 0.29) is 0 Å². The number of nitrogens with zero attached hydrogens (tertiary/aromatic N) is 2. The molecule has 0 bridgehead atoms. The van der Waals surface area contributed by atoms with Gasteiger partial charge in [-0.3, -0.25) is 4.68 Å².